The van der Waals surface area contributed by atoms with Crippen molar-refractivity contribution in [2.24, 2.45) is 12.8 Å². The van der Waals surface area contributed by atoms with Crippen molar-refractivity contribution in [3.63, 3.8) is 0 Å². The molecule has 0 saturated carbocycles. The smallest absolute Gasteiger partial charge is 0.331 e. The zero-order valence-corrected chi connectivity index (χ0v) is 9.17. The molecule has 1 aliphatic heterocycles. The summed E-state index contributed by atoms with van der Waals surface area (Å²) in [5, 5.41) is 14.8. The molecule has 2 N–H and O–H groups in total. The van der Waals surface area contributed by atoms with E-state index in [9.17, 15) is 10.1 Å². The van der Waals surface area contributed by atoms with Crippen LogP contribution in [0.1, 0.15) is 12.8 Å². The fraction of sp³-hybridized carbons (Fsp3) is 0.667. The third kappa shape index (κ3) is 1.85. The van der Waals surface area contributed by atoms with Gasteiger partial charge in [-0.3, -0.25) is 10.1 Å². The van der Waals surface area contributed by atoms with Crippen molar-refractivity contribution in [2.45, 2.75) is 18.9 Å². The minimum Gasteiger partial charge on any atom is -0.350 e. The molecule has 88 valence electrons. The number of nitrogens with zero attached hydrogens (tertiary/aromatic N) is 4. The molecule has 1 saturated heterocycles. The van der Waals surface area contributed by atoms with Gasteiger partial charge >= 0.3 is 5.69 Å². The summed E-state index contributed by atoms with van der Waals surface area (Å²) in [6.45, 7) is 1.45. The highest BCUT2D eigenvalue weighted by atomic mass is 16.6. The number of hydrogen-bond donors (Lipinski definition) is 1. The van der Waals surface area contributed by atoms with E-state index in [0.717, 1.165) is 19.4 Å². The lowest BCUT2D eigenvalue weighted by Gasteiger charge is -2.31. The van der Waals surface area contributed by atoms with Gasteiger partial charge in [-0.2, -0.15) is 5.10 Å². The number of anilines is 1. The van der Waals surface area contributed by atoms with Crippen molar-refractivity contribution in [1.29, 1.82) is 0 Å². The molecule has 0 amide bonds. The molecule has 7 heteroatoms. The third-order valence-corrected chi connectivity index (χ3v) is 2.84. The molecule has 16 heavy (non-hydrogen) atoms. The van der Waals surface area contributed by atoms with E-state index in [1.165, 1.54) is 10.9 Å². The summed E-state index contributed by atoms with van der Waals surface area (Å²) >= 11 is 0. The van der Waals surface area contributed by atoms with Crippen LogP contribution < -0.4 is 10.6 Å². The number of aromatic nitrogens is 2. The Bertz CT molecular complexity index is 403. The van der Waals surface area contributed by atoms with Crippen LogP contribution in [0, 0.1) is 10.1 Å². The zero-order valence-electron chi connectivity index (χ0n) is 9.17. The van der Waals surface area contributed by atoms with Crippen LogP contribution >= 0.6 is 0 Å². The summed E-state index contributed by atoms with van der Waals surface area (Å²) < 4.78 is 1.54. The topological polar surface area (TPSA) is 90.2 Å². The summed E-state index contributed by atoms with van der Waals surface area (Å²) in [4.78, 5) is 12.4. The van der Waals surface area contributed by atoms with Crippen LogP contribution in [0.15, 0.2) is 6.20 Å². The summed E-state index contributed by atoms with van der Waals surface area (Å²) in [6, 6.07) is 0.0863. The van der Waals surface area contributed by atoms with E-state index >= 15 is 0 Å². The van der Waals surface area contributed by atoms with Crippen molar-refractivity contribution >= 4 is 11.5 Å². The summed E-state index contributed by atoms with van der Waals surface area (Å²) in [7, 11) is 1.71. The van der Waals surface area contributed by atoms with Crippen LogP contribution in [0.2, 0.25) is 0 Å². The predicted molar refractivity (Wildman–Crippen MR) is 59.3 cm³/mol. The molecule has 1 aromatic rings. The molecule has 0 aliphatic carbocycles. The van der Waals surface area contributed by atoms with Gasteiger partial charge < -0.3 is 10.6 Å². The highest BCUT2D eigenvalue weighted by Crippen LogP contribution is 2.28. The van der Waals surface area contributed by atoms with Gasteiger partial charge in [0.2, 0.25) is 5.82 Å². The van der Waals surface area contributed by atoms with Gasteiger partial charge in [-0.05, 0) is 12.8 Å². The van der Waals surface area contributed by atoms with Crippen LogP contribution in [0.5, 0.6) is 0 Å². The van der Waals surface area contributed by atoms with Crippen LogP contribution in [-0.2, 0) is 7.05 Å². The maximum atomic E-state index is 10.9. The Morgan fingerprint density at radius 2 is 2.44 bits per heavy atom. The molecule has 1 atom stereocenters. The lowest BCUT2D eigenvalue weighted by atomic mass is 10.1. The first kappa shape index (κ1) is 10.9. The van der Waals surface area contributed by atoms with E-state index in [4.69, 9.17) is 5.73 Å². The summed E-state index contributed by atoms with van der Waals surface area (Å²) in [5.41, 5.74) is 5.92. The molecule has 0 aromatic carbocycles. The normalized spacial score (nSPS) is 21.1. The minimum absolute atomic E-state index is 0.0524. The van der Waals surface area contributed by atoms with E-state index in [0.29, 0.717) is 12.4 Å². The van der Waals surface area contributed by atoms with Gasteiger partial charge in [-0.1, -0.05) is 0 Å². The molecule has 1 aliphatic rings. The SMILES string of the molecule is Cn1ncc([N+](=O)[O-])c1N1CCC[C@H](N)C1. The fourth-order valence-corrected chi connectivity index (χ4v) is 2.12. The van der Waals surface area contributed by atoms with Crippen molar-refractivity contribution in [3.05, 3.63) is 16.3 Å². The fourth-order valence-electron chi connectivity index (χ4n) is 2.12. The molecule has 1 aromatic heterocycles. The summed E-state index contributed by atoms with van der Waals surface area (Å²) in [6.07, 6.45) is 3.22. The maximum Gasteiger partial charge on any atom is 0.331 e. The number of aryl methyl sites for hydroxylation is 1. The van der Waals surface area contributed by atoms with Crippen molar-refractivity contribution < 1.29 is 4.92 Å². The first-order valence-electron chi connectivity index (χ1n) is 5.26. The second-order valence-corrected chi connectivity index (χ2v) is 4.08. The first-order chi connectivity index (χ1) is 7.59. The van der Waals surface area contributed by atoms with Gasteiger partial charge in [0.15, 0.2) is 0 Å². The maximum absolute atomic E-state index is 10.9. The molecule has 2 heterocycles. The second kappa shape index (κ2) is 4.09. The van der Waals surface area contributed by atoms with Gasteiger partial charge in [0.05, 0.1) is 4.92 Å². The summed E-state index contributed by atoms with van der Waals surface area (Å²) in [5.74, 6) is 0.556. The predicted octanol–water partition coefficient (Wildman–Crippen LogP) is 0.256. The van der Waals surface area contributed by atoms with Gasteiger partial charge in [-0.15, -0.1) is 0 Å². The second-order valence-electron chi connectivity index (χ2n) is 4.08. The first-order valence-corrected chi connectivity index (χ1v) is 5.26. The standard InChI is InChI=1S/C9H15N5O2/c1-12-9(8(5-11-12)14(15)16)13-4-2-3-7(10)6-13/h5,7H,2-4,6,10H2,1H3/t7-/m0/s1. The molecule has 7 nitrogen and oxygen atoms in total. The number of rotatable bonds is 2. The Balaban J connectivity index is 2.31. The van der Waals surface area contributed by atoms with E-state index in [1.54, 1.807) is 7.05 Å². The molecule has 0 radical (unpaired) electrons. The van der Waals surface area contributed by atoms with Crippen LogP contribution in [-0.4, -0.2) is 33.8 Å². The lowest BCUT2D eigenvalue weighted by Crippen LogP contribution is -2.43. The highest BCUT2D eigenvalue weighted by Gasteiger charge is 2.27. The Hall–Kier alpha value is -1.63. The van der Waals surface area contributed by atoms with E-state index in [1.807, 2.05) is 4.90 Å². The number of hydrogen-bond acceptors (Lipinski definition) is 5. The molecular formula is C9H15N5O2. The Labute approximate surface area is 93.0 Å². The van der Waals surface area contributed by atoms with Crippen molar-refractivity contribution in [1.82, 2.24) is 9.78 Å². The molecule has 1 fully saturated rings. The molecule has 0 spiro atoms. The number of piperidine rings is 1. The van der Waals surface area contributed by atoms with Gasteiger partial charge in [-0.25, -0.2) is 4.68 Å². The van der Waals surface area contributed by atoms with Crippen LogP contribution in [0.4, 0.5) is 11.5 Å². The average molecular weight is 225 g/mol. The van der Waals surface area contributed by atoms with Gasteiger partial charge in [0.1, 0.15) is 6.20 Å². The zero-order chi connectivity index (χ0) is 11.7. The largest absolute Gasteiger partial charge is 0.350 e. The van der Waals surface area contributed by atoms with Gasteiger partial charge in [0, 0.05) is 26.2 Å². The Kier molecular flexibility index (Phi) is 2.78. The van der Waals surface area contributed by atoms with Crippen molar-refractivity contribution in [2.75, 3.05) is 18.0 Å². The van der Waals surface area contributed by atoms with Crippen LogP contribution in [0.25, 0.3) is 0 Å². The third-order valence-electron chi connectivity index (χ3n) is 2.84. The van der Waals surface area contributed by atoms with Gasteiger partial charge in [0.25, 0.3) is 0 Å². The van der Waals surface area contributed by atoms with E-state index < -0.39 is 4.92 Å². The van der Waals surface area contributed by atoms with E-state index in [2.05, 4.69) is 5.10 Å². The average Bonchev–Trinajstić information content (AvgIpc) is 2.60. The molecular weight excluding hydrogens is 210 g/mol. The monoisotopic (exact) mass is 225 g/mol. The molecule has 0 bridgehead atoms. The lowest BCUT2D eigenvalue weighted by molar-refractivity contribution is -0.384. The number of nitrogens with two attached hydrogens (primary N) is 1. The molecule has 0 unspecified atom stereocenters. The molecule has 2 rings (SSSR count). The Morgan fingerprint density at radius 3 is 3.06 bits per heavy atom. The highest BCUT2D eigenvalue weighted by molar-refractivity contribution is 5.57. The quantitative estimate of drug-likeness (QED) is 0.575. The Morgan fingerprint density at radius 1 is 1.69 bits per heavy atom. The van der Waals surface area contributed by atoms with Crippen LogP contribution in [0.3, 0.4) is 0 Å². The minimum atomic E-state index is -0.400. The number of nitro groups is 1. The van der Waals surface area contributed by atoms with E-state index in [-0.39, 0.29) is 11.7 Å². The van der Waals surface area contributed by atoms with Crippen molar-refractivity contribution in [3.8, 4) is 0 Å².